The highest BCUT2D eigenvalue weighted by Crippen LogP contribution is 2.37. The van der Waals surface area contributed by atoms with E-state index in [9.17, 15) is 47.9 Å². The van der Waals surface area contributed by atoms with Gasteiger partial charge in [-0.15, -0.1) is 23.2 Å². The number of ketones is 4. The van der Waals surface area contributed by atoms with Gasteiger partial charge < -0.3 is 30.7 Å². The van der Waals surface area contributed by atoms with E-state index < -0.39 is 65.0 Å². The number of nitrogens with one attached hydrogen (secondary N) is 6. The molecule has 0 bridgehead atoms. The molecule has 2 aliphatic rings. The van der Waals surface area contributed by atoms with Gasteiger partial charge in [-0.2, -0.15) is 0 Å². The Morgan fingerprint density at radius 2 is 0.708 bits per heavy atom. The van der Waals surface area contributed by atoms with Crippen LogP contribution in [0.5, 0.6) is 0 Å². The maximum atomic E-state index is 13.9. The lowest BCUT2D eigenvalue weighted by Crippen LogP contribution is -2.43. The van der Waals surface area contributed by atoms with Crippen LogP contribution in [0.2, 0.25) is 0 Å². The van der Waals surface area contributed by atoms with E-state index in [0.717, 1.165) is 0 Å². The van der Waals surface area contributed by atoms with Gasteiger partial charge in [0.2, 0.25) is 23.6 Å². The molecule has 0 unspecified atom stereocenters. The minimum atomic E-state index is -0.695. The molecule has 4 aromatic rings. The first-order valence-corrected chi connectivity index (χ1v) is 23.1. The Hall–Kier alpha value is -7.12. The number of alkyl halides is 2. The Morgan fingerprint density at radius 3 is 0.944 bits per heavy atom. The van der Waals surface area contributed by atoms with Crippen LogP contribution in [0.3, 0.4) is 0 Å². The van der Waals surface area contributed by atoms with Crippen LogP contribution in [-0.2, 0) is 38.2 Å². The highest BCUT2D eigenvalue weighted by Gasteiger charge is 2.36. The van der Waals surface area contributed by atoms with Crippen molar-refractivity contribution in [3.05, 3.63) is 117 Å². The van der Waals surface area contributed by atoms with Gasteiger partial charge in [0.25, 0.3) is 0 Å². The quantitative estimate of drug-likeness (QED) is 0.0383. The molecule has 0 saturated heterocycles. The van der Waals surface area contributed by atoms with Crippen LogP contribution < -0.4 is 31.9 Å². The zero-order chi connectivity index (χ0) is 51.4. The number of hydrogen-bond acceptors (Lipinski definition) is 14. The summed E-state index contributed by atoms with van der Waals surface area (Å²) < 4.78 is 9.65. The van der Waals surface area contributed by atoms with Crippen LogP contribution in [0, 0.1) is 11.8 Å². The smallest absolute Gasteiger partial charge is 0.322 e. The van der Waals surface area contributed by atoms with E-state index in [1.54, 1.807) is 24.3 Å². The van der Waals surface area contributed by atoms with E-state index >= 15 is 0 Å². The molecule has 0 aliphatic heterocycles. The molecule has 0 radical (unpaired) electrons. The fourth-order valence-corrected chi connectivity index (χ4v) is 7.98. The Kier molecular flexibility index (Phi) is 22.1. The molecule has 20 heteroatoms. The highest BCUT2D eigenvalue weighted by atomic mass is 35.5. The van der Waals surface area contributed by atoms with Gasteiger partial charge in [-0.25, -0.2) is 0 Å². The van der Waals surface area contributed by atoms with Gasteiger partial charge >= 0.3 is 11.9 Å². The number of benzene rings is 4. The number of esters is 2. The summed E-state index contributed by atoms with van der Waals surface area (Å²) >= 11 is 11.0. The van der Waals surface area contributed by atoms with E-state index in [4.69, 9.17) is 32.7 Å². The molecule has 0 saturated carbocycles. The summed E-state index contributed by atoms with van der Waals surface area (Å²) in [5, 5.41) is 16.2. The molecule has 0 spiro atoms. The van der Waals surface area contributed by atoms with E-state index in [0.29, 0.717) is 12.8 Å². The van der Waals surface area contributed by atoms with E-state index in [-0.39, 0.29) is 125 Å². The van der Waals surface area contributed by atoms with Crippen LogP contribution >= 0.6 is 23.2 Å². The molecular formula is C52H60Cl2N6O12. The van der Waals surface area contributed by atoms with Crippen molar-refractivity contribution in [2.45, 2.75) is 67.5 Å². The van der Waals surface area contributed by atoms with Crippen molar-refractivity contribution in [2.24, 2.45) is 11.8 Å². The number of fused-ring (bicyclic) bond motifs is 4. The van der Waals surface area contributed by atoms with Crippen molar-refractivity contribution in [1.82, 2.24) is 10.6 Å². The molecule has 4 amide bonds. The van der Waals surface area contributed by atoms with Crippen molar-refractivity contribution in [2.75, 3.05) is 60.3 Å². The average molecular weight is 1030 g/mol. The van der Waals surface area contributed by atoms with Crippen LogP contribution in [0.1, 0.15) is 119 Å². The minimum Gasteiger partial charge on any atom is -0.468 e. The second-order valence-corrected chi connectivity index (χ2v) is 17.4. The topological polar surface area (TPSA) is 261 Å². The Balaban J connectivity index is 0.000000417. The largest absolute Gasteiger partial charge is 0.468 e. The zero-order valence-corrected chi connectivity index (χ0v) is 40.6. The van der Waals surface area contributed by atoms with Crippen LogP contribution in [0.15, 0.2) is 72.8 Å². The van der Waals surface area contributed by atoms with Crippen molar-refractivity contribution >= 4 is 105 Å². The van der Waals surface area contributed by atoms with E-state index in [1.165, 1.54) is 62.8 Å². The molecule has 0 heterocycles. The molecule has 384 valence electrons. The molecule has 6 rings (SSSR count). The number of methoxy groups -OCH3 is 2. The first kappa shape index (κ1) is 59.2. The minimum absolute atomic E-state index is 0. The maximum absolute atomic E-state index is 13.9. The zero-order valence-electron chi connectivity index (χ0n) is 39.1. The Labute approximate surface area is 428 Å². The summed E-state index contributed by atoms with van der Waals surface area (Å²) in [5.41, 5.74) is 1.31. The van der Waals surface area contributed by atoms with Gasteiger partial charge in [0.1, 0.15) is 23.8 Å². The normalized spacial score (nSPS) is 12.7. The molecule has 2 atom stereocenters. The highest BCUT2D eigenvalue weighted by molar-refractivity contribution is 6.35. The average Bonchev–Trinajstić information content (AvgIpc) is 3.34. The molecule has 4 aromatic carbocycles. The number of anilines is 4. The molecular weight excluding hydrogens is 972 g/mol. The summed E-state index contributed by atoms with van der Waals surface area (Å²) in [6.07, 6.45) is 0.908. The van der Waals surface area contributed by atoms with Crippen LogP contribution in [0.4, 0.5) is 22.7 Å². The van der Waals surface area contributed by atoms with E-state index in [1.807, 2.05) is 27.7 Å². The number of hydrogen-bond donors (Lipinski definition) is 6. The standard InChI is InChI=1S/C32H40N4O8.C18H12Cl2N2O4.2CH4/c1-17(2)13-23(31(41)43-5)33-15-25(37)35-21-11-7-9-19-27(21)30(40)28-20(29(19)39)10-8-12-22(28)36-26(38)16-34-24(14-18(3)4)32(42)44-6;19-7-13(23)21-11-5-1-3-9-15(11)18(26)16-10(17(9)25)4-2-6-12(16)22-14(24)8-20;;/h7-12,17-18,23-24,33-34H,13-16H2,1-6H3,(H,35,37)(H,36,38);1-6H,7-8H2,(H,21,23)(H,22,24);2*1H4/t23-,24+;;;. The van der Waals surface area contributed by atoms with Gasteiger partial charge in [-0.1, -0.05) is 91.1 Å². The number of amides is 4. The third-order valence-electron chi connectivity index (χ3n) is 10.9. The predicted octanol–water partition coefficient (Wildman–Crippen LogP) is 6.78. The number of ether oxygens (including phenoxy) is 2. The van der Waals surface area contributed by atoms with Gasteiger partial charge in [0, 0.05) is 22.3 Å². The number of carbonyl (C=O) groups excluding carboxylic acids is 10. The SMILES string of the molecule is C.C.COC(=O)[C@H](CC(C)C)NCC(=O)Nc1cccc2c1C(=O)c1c(NC(=O)CN[C@H](CC(C)C)C(=O)OC)cccc1C2=O.O=C(CCl)Nc1cccc2c1C(=O)c1c(NC(=O)CCl)cccc1C2=O. The van der Waals surface area contributed by atoms with Gasteiger partial charge in [-0.05, 0) is 48.9 Å². The van der Waals surface area contributed by atoms with Crippen molar-refractivity contribution in [3.63, 3.8) is 0 Å². The van der Waals surface area contributed by atoms with Crippen LogP contribution in [-0.4, -0.2) is 110 Å². The van der Waals surface area contributed by atoms with Crippen LogP contribution in [0.25, 0.3) is 0 Å². The summed E-state index contributed by atoms with van der Waals surface area (Å²) in [6.45, 7) is 7.27. The van der Waals surface area contributed by atoms with E-state index in [2.05, 4.69) is 31.9 Å². The summed E-state index contributed by atoms with van der Waals surface area (Å²) in [5.74, 6) is -5.16. The monoisotopic (exact) mass is 1030 g/mol. The third kappa shape index (κ3) is 14.1. The van der Waals surface area contributed by atoms with Gasteiger partial charge in [0.15, 0.2) is 23.1 Å². The lowest BCUT2D eigenvalue weighted by molar-refractivity contribution is -0.144. The van der Waals surface area contributed by atoms with Crippen molar-refractivity contribution in [3.8, 4) is 0 Å². The fourth-order valence-electron chi connectivity index (χ4n) is 7.84. The molecule has 6 N–H and O–H groups in total. The van der Waals surface area contributed by atoms with Gasteiger partial charge in [0.05, 0.1) is 72.3 Å². The lowest BCUT2D eigenvalue weighted by Gasteiger charge is -2.23. The summed E-state index contributed by atoms with van der Waals surface area (Å²) in [6, 6.07) is 16.9. The number of rotatable bonds is 18. The fraction of sp³-hybridized carbons (Fsp3) is 0.346. The molecule has 72 heavy (non-hydrogen) atoms. The number of halogens is 2. The molecule has 0 aromatic heterocycles. The molecule has 2 aliphatic carbocycles. The first-order chi connectivity index (χ1) is 33.3. The lowest BCUT2D eigenvalue weighted by atomic mass is 9.82. The molecule has 18 nitrogen and oxygen atoms in total. The predicted molar refractivity (Wildman–Crippen MR) is 275 cm³/mol. The third-order valence-corrected chi connectivity index (χ3v) is 11.4. The molecule has 0 fully saturated rings. The first-order valence-electron chi connectivity index (χ1n) is 22.0. The summed E-state index contributed by atoms with van der Waals surface area (Å²) in [4.78, 5) is 127. The van der Waals surface area contributed by atoms with Crippen molar-refractivity contribution in [1.29, 1.82) is 0 Å². The number of carbonyl (C=O) groups is 10. The summed E-state index contributed by atoms with van der Waals surface area (Å²) in [7, 11) is 2.54. The maximum Gasteiger partial charge on any atom is 0.322 e. The van der Waals surface area contributed by atoms with Gasteiger partial charge in [-0.3, -0.25) is 58.6 Å². The second kappa shape index (κ2) is 26.9. The second-order valence-electron chi connectivity index (χ2n) is 16.9. The Morgan fingerprint density at radius 1 is 0.444 bits per heavy atom. The Bertz CT molecular complexity index is 2580. The van der Waals surface area contributed by atoms with Crippen molar-refractivity contribution < 1.29 is 57.4 Å².